The molecule has 1 saturated heterocycles. The Labute approximate surface area is 197 Å². The first kappa shape index (κ1) is 21.9. The SMILES string of the molecule is O=C(OCC(=O)N1CCN(C(c2ccccc2)c2ccccc2)CC1)c1cccc2ocnc12. The van der Waals surface area contributed by atoms with Crippen LogP contribution >= 0.6 is 0 Å². The molecule has 1 amide bonds. The van der Waals surface area contributed by atoms with Gasteiger partial charge >= 0.3 is 5.97 Å². The van der Waals surface area contributed by atoms with E-state index in [0.717, 1.165) is 13.1 Å². The van der Waals surface area contributed by atoms with Crippen molar-refractivity contribution in [1.29, 1.82) is 0 Å². The maximum absolute atomic E-state index is 12.8. The van der Waals surface area contributed by atoms with Crippen LogP contribution < -0.4 is 0 Å². The Hall–Kier alpha value is -3.97. The maximum atomic E-state index is 12.8. The van der Waals surface area contributed by atoms with E-state index in [0.29, 0.717) is 24.2 Å². The van der Waals surface area contributed by atoms with Crippen LogP contribution in [0.2, 0.25) is 0 Å². The van der Waals surface area contributed by atoms with Crippen molar-refractivity contribution < 1.29 is 18.7 Å². The largest absolute Gasteiger partial charge is 0.452 e. The van der Waals surface area contributed by atoms with Crippen molar-refractivity contribution in [2.75, 3.05) is 32.8 Å². The molecule has 7 nitrogen and oxygen atoms in total. The van der Waals surface area contributed by atoms with E-state index in [4.69, 9.17) is 9.15 Å². The molecule has 0 saturated carbocycles. The topological polar surface area (TPSA) is 75.9 Å². The number of nitrogens with zero attached hydrogens (tertiary/aromatic N) is 3. The Bertz CT molecular complexity index is 1230. The number of ether oxygens (including phenoxy) is 1. The summed E-state index contributed by atoms with van der Waals surface area (Å²) in [5.74, 6) is -0.781. The van der Waals surface area contributed by atoms with Crippen LogP contribution in [0.4, 0.5) is 0 Å². The number of hydrogen-bond acceptors (Lipinski definition) is 6. The Morgan fingerprint density at radius 3 is 2.15 bits per heavy atom. The van der Waals surface area contributed by atoms with Crippen LogP contribution in [0.1, 0.15) is 27.5 Å². The van der Waals surface area contributed by atoms with Crippen molar-refractivity contribution in [3.63, 3.8) is 0 Å². The number of oxazole rings is 1. The maximum Gasteiger partial charge on any atom is 0.340 e. The van der Waals surface area contributed by atoms with Crippen LogP contribution in [0, 0.1) is 0 Å². The molecule has 34 heavy (non-hydrogen) atoms. The minimum absolute atomic E-state index is 0.125. The van der Waals surface area contributed by atoms with Gasteiger partial charge in [-0.2, -0.15) is 0 Å². The minimum Gasteiger partial charge on any atom is -0.452 e. The predicted octanol–water partition coefficient (Wildman–Crippen LogP) is 3.92. The summed E-state index contributed by atoms with van der Waals surface area (Å²) in [6, 6.07) is 26.0. The number of benzene rings is 3. The lowest BCUT2D eigenvalue weighted by atomic mass is 9.96. The fraction of sp³-hybridized carbons (Fsp3) is 0.222. The average molecular weight is 456 g/mol. The van der Waals surface area contributed by atoms with Crippen molar-refractivity contribution in [2.24, 2.45) is 0 Å². The highest BCUT2D eigenvalue weighted by atomic mass is 16.5. The number of esters is 1. The molecule has 0 radical (unpaired) electrons. The second-order valence-corrected chi connectivity index (χ2v) is 8.22. The van der Waals surface area contributed by atoms with Crippen LogP contribution in [0.3, 0.4) is 0 Å². The minimum atomic E-state index is -0.584. The molecule has 0 unspecified atom stereocenters. The Morgan fingerprint density at radius 1 is 0.853 bits per heavy atom. The van der Waals surface area contributed by atoms with E-state index in [1.807, 2.05) is 12.1 Å². The van der Waals surface area contributed by atoms with Crippen LogP contribution in [0.15, 0.2) is 89.7 Å². The fourth-order valence-electron chi connectivity index (χ4n) is 4.46. The van der Waals surface area contributed by atoms with Gasteiger partial charge in [0.25, 0.3) is 5.91 Å². The Morgan fingerprint density at radius 2 is 1.50 bits per heavy atom. The summed E-state index contributed by atoms with van der Waals surface area (Å²) >= 11 is 0. The number of aromatic nitrogens is 1. The van der Waals surface area contributed by atoms with Crippen LogP contribution in [0.5, 0.6) is 0 Å². The summed E-state index contributed by atoms with van der Waals surface area (Å²) in [6.07, 6.45) is 1.28. The number of piperazine rings is 1. The number of para-hydroxylation sites is 1. The highest BCUT2D eigenvalue weighted by molar-refractivity contribution is 6.01. The number of carbonyl (C=O) groups is 2. The molecule has 2 heterocycles. The fourth-order valence-corrected chi connectivity index (χ4v) is 4.46. The molecule has 0 spiro atoms. The molecule has 0 bridgehead atoms. The summed E-state index contributed by atoms with van der Waals surface area (Å²) in [5.41, 5.74) is 3.68. The van der Waals surface area contributed by atoms with Gasteiger partial charge in [0.1, 0.15) is 5.52 Å². The third-order valence-electron chi connectivity index (χ3n) is 6.17. The van der Waals surface area contributed by atoms with Crippen molar-refractivity contribution in [3.8, 4) is 0 Å². The number of rotatable bonds is 6. The van der Waals surface area contributed by atoms with Gasteiger partial charge in [0.2, 0.25) is 0 Å². The zero-order valence-corrected chi connectivity index (χ0v) is 18.7. The number of hydrogen-bond donors (Lipinski definition) is 0. The van der Waals surface area contributed by atoms with Gasteiger partial charge < -0.3 is 14.1 Å². The van der Waals surface area contributed by atoms with Crippen molar-refractivity contribution in [2.45, 2.75) is 6.04 Å². The normalized spacial score (nSPS) is 14.4. The van der Waals surface area contributed by atoms with E-state index in [1.54, 1.807) is 23.1 Å². The van der Waals surface area contributed by atoms with Crippen molar-refractivity contribution in [1.82, 2.24) is 14.8 Å². The van der Waals surface area contributed by atoms with Crippen LogP contribution in [-0.2, 0) is 9.53 Å². The molecule has 3 aromatic carbocycles. The highest BCUT2D eigenvalue weighted by Crippen LogP contribution is 2.29. The van der Waals surface area contributed by atoms with E-state index >= 15 is 0 Å². The molecule has 1 fully saturated rings. The van der Waals surface area contributed by atoms with Crippen LogP contribution in [0.25, 0.3) is 11.1 Å². The van der Waals surface area contributed by atoms with E-state index in [9.17, 15) is 9.59 Å². The Kier molecular flexibility index (Phi) is 6.35. The van der Waals surface area contributed by atoms with E-state index < -0.39 is 5.97 Å². The van der Waals surface area contributed by atoms with Gasteiger partial charge in [0.05, 0.1) is 11.6 Å². The third kappa shape index (κ3) is 4.56. The number of fused-ring (bicyclic) bond motifs is 1. The van der Waals surface area contributed by atoms with Gasteiger partial charge in [-0.15, -0.1) is 0 Å². The summed E-state index contributed by atoms with van der Waals surface area (Å²) in [6.45, 7) is 2.31. The molecule has 0 aliphatic carbocycles. The van der Waals surface area contributed by atoms with E-state index in [2.05, 4.69) is 58.4 Å². The lowest BCUT2D eigenvalue weighted by Crippen LogP contribution is -2.50. The summed E-state index contributed by atoms with van der Waals surface area (Å²) < 4.78 is 10.5. The Balaban J connectivity index is 1.21. The zero-order valence-electron chi connectivity index (χ0n) is 18.7. The van der Waals surface area contributed by atoms with Gasteiger partial charge in [0.15, 0.2) is 18.6 Å². The molecule has 1 aliphatic rings. The summed E-state index contributed by atoms with van der Waals surface area (Å²) in [7, 11) is 0. The molecule has 0 atom stereocenters. The molecule has 1 aromatic heterocycles. The van der Waals surface area contributed by atoms with Gasteiger partial charge in [-0.05, 0) is 23.3 Å². The first-order chi connectivity index (χ1) is 16.7. The standard InChI is InChI=1S/C27H25N3O4/c31-24(18-33-27(32)22-12-7-13-23-25(22)28-19-34-23)29-14-16-30(17-15-29)26(20-8-3-1-4-9-20)21-10-5-2-6-11-21/h1-13,19,26H,14-18H2. The molecule has 7 heteroatoms. The van der Waals surface area contributed by atoms with Gasteiger partial charge in [-0.3, -0.25) is 9.69 Å². The first-order valence-electron chi connectivity index (χ1n) is 11.3. The second kappa shape index (κ2) is 9.89. The van der Waals surface area contributed by atoms with Crippen molar-refractivity contribution >= 4 is 23.0 Å². The first-order valence-corrected chi connectivity index (χ1v) is 11.3. The molecular weight excluding hydrogens is 430 g/mol. The predicted molar refractivity (Wildman–Crippen MR) is 127 cm³/mol. The van der Waals surface area contributed by atoms with Crippen molar-refractivity contribution in [3.05, 3.63) is 102 Å². The molecule has 0 N–H and O–H groups in total. The molecule has 172 valence electrons. The zero-order chi connectivity index (χ0) is 23.3. The summed E-state index contributed by atoms with van der Waals surface area (Å²) in [5, 5.41) is 0. The number of carbonyl (C=O) groups excluding carboxylic acids is 2. The summed E-state index contributed by atoms with van der Waals surface area (Å²) in [4.78, 5) is 33.5. The monoisotopic (exact) mass is 455 g/mol. The van der Waals surface area contributed by atoms with E-state index in [1.165, 1.54) is 17.5 Å². The highest BCUT2D eigenvalue weighted by Gasteiger charge is 2.28. The van der Waals surface area contributed by atoms with Gasteiger partial charge in [-0.25, -0.2) is 9.78 Å². The number of amides is 1. The van der Waals surface area contributed by atoms with E-state index in [-0.39, 0.29) is 24.1 Å². The smallest absolute Gasteiger partial charge is 0.340 e. The quantitative estimate of drug-likeness (QED) is 0.410. The van der Waals surface area contributed by atoms with Gasteiger partial charge in [0, 0.05) is 26.2 Å². The third-order valence-corrected chi connectivity index (χ3v) is 6.17. The molecule has 4 aromatic rings. The second-order valence-electron chi connectivity index (χ2n) is 8.22. The van der Waals surface area contributed by atoms with Crippen LogP contribution in [-0.4, -0.2) is 59.4 Å². The lowest BCUT2D eigenvalue weighted by Gasteiger charge is -2.39. The lowest BCUT2D eigenvalue weighted by molar-refractivity contribution is -0.136. The molecule has 5 rings (SSSR count). The molecular formula is C27H25N3O4. The molecule has 1 aliphatic heterocycles. The van der Waals surface area contributed by atoms with Gasteiger partial charge in [-0.1, -0.05) is 66.7 Å². The average Bonchev–Trinajstić information content (AvgIpc) is 3.38.